The molecule has 31 heavy (non-hydrogen) atoms. The van der Waals surface area contributed by atoms with E-state index in [1.54, 1.807) is 0 Å². The lowest BCUT2D eigenvalue weighted by molar-refractivity contribution is 0.202. The second kappa shape index (κ2) is 8.69. The minimum absolute atomic E-state index is 0.0214. The third-order valence-corrected chi connectivity index (χ3v) is 6.62. The normalized spacial score (nSPS) is 18.5. The van der Waals surface area contributed by atoms with Crippen LogP contribution in [0.25, 0.3) is 16.6 Å². The molecule has 2 aromatic heterocycles. The molecule has 3 heterocycles. The SMILES string of the molecule is CCNC(=O)N1CCCN(c2nc3ccccc3c3nnc(C4CCCCC4)n23)CC1. The second-order valence-corrected chi connectivity index (χ2v) is 8.64. The van der Waals surface area contributed by atoms with Crippen LogP contribution in [0.4, 0.5) is 10.7 Å². The van der Waals surface area contributed by atoms with E-state index >= 15 is 0 Å². The molecule has 8 nitrogen and oxygen atoms in total. The van der Waals surface area contributed by atoms with Gasteiger partial charge in [0.1, 0.15) is 5.82 Å². The third-order valence-electron chi connectivity index (χ3n) is 6.62. The number of para-hydroxylation sites is 1. The molecule has 1 aliphatic carbocycles. The zero-order valence-corrected chi connectivity index (χ0v) is 18.3. The summed E-state index contributed by atoms with van der Waals surface area (Å²) in [5.41, 5.74) is 1.84. The van der Waals surface area contributed by atoms with E-state index in [2.05, 4.69) is 30.9 Å². The number of benzene rings is 1. The largest absolute Gasteiger partial charge is 0.340 e. The van der Waals surface area contributed by atoms with E-state index in [0.717, 1.165) is 67.2 Å². The van der Waals surface area contributed by atoms with Crippen molar-refractivity contribution in [2.24, 2.45) is 0 Å². The Hall–Kier alpha value is -2.90. The molecule has 1 aromatic carbocycles. The first kappa shape index (κ1) is 20.0. The van der Waals surface area contributed by atoms with Crippen LogP contribution in [0.1, 0.15) is 57.2 Å². The van der Waals surface area contributed by atoms with Crippen LogP contribution in [0.3, 0.4) is 0 Å². The lowest BCUT2D eigenvalue weighted by atomic mass is 9.89. The molecule has 5 rings (SSSR count). The van der Waals surface area contributed by atoms with Gasteiger partial charge in [0.15, 0.2) is 5.65 Å². The zero-order valence-electron chi connectivity index (χ0n) is 18.3. The molecule has 2 fully saturated rings. The lowest BCUT2D eigenvalue weighted by Crippen LogP contribution is -2.42. The van der Waals surface area contributed by atoms with Crippen LogP contribution in [-0.2, 0) is 0 Å². The summed E-state index contributed by atoms with van der Waals surface area (Å²) in [6.45, 7) is 5.66. The van der Waals surface area contributed by atoms with Gasteiger partial charge in [0.05, 0.1) is 5.52 Å². The Labute approximate surface area is 182 Å². The maximum Gasteiger partial charge on any atom is 0.317 e. The molecule has 0 radical (unpaired) electrons. The van der Waals surface area contributed by atoms with Crippen LogP contribution in [0.5, 0.6) is 0 Å². The topological polar surface area (TPSA) is 78.7 Å². The maximum atomic E-state index is 12.4. The monoisotopic (exact) mass is 421 g/mol. The van der Waals surface area contributed by atoms with Gasteiger partial charge in [-0.3, -0.25) is 0 Å². The fourth-order valence-electron chi connectivity index (χ4n) is 5.01. The summed E-state index contributed by atoms with van der Waals surface area (Å²) in [5, 5.41) is 13.3. The number of anilines is 1. The van der Waals surface area contributed by atoms with E-state index < -0.39 is 0 Å². The van der Waals surface area contributed by atoms with Gasteiger partial charge in [0.2, 0.25) is 5.95 Å². The molecular weight excluding hydrogens is 390 g/mol. The van der Waals surface area contributed by atoms with Crippen molar-refractivity contribution in [3.63, 3.8) is 0 Å². The summed E-state index contributed by atoms with van der Waals surface area (Å²) in [6.07, 6.45) is 7.05. The van der Waals surface area contributed by atoms with Gasteiger partial charge in [-0.05, 0) is 38.3 Å². The quantitative estimate of drug-likeness (QED) is 0.699. The van der Waals surface area contributed by atoms with Gasteiger partial charge in [-0.1, -0.05) is 31.4 Å². The molecule has 2 aliphatic rings. The number of carbonyl (C=O) groups excluding carboxylic acids is 1. The zero-order chi connectivity index (χ0) is 21.2. The molecular formula is C23H31N7O. The highest BCUT2D eigenvalue weighted by Crippen LogP contribution is 2.34. The molecule has 164 valence electrons. The smallest absolute Gasteiger partial charge is 0.317 e. The third kappa shape index (κ3) is 3.79. The number of fused-ring (bicyclic) bond motifs is 3. The second-order valence-electron chi connectivity index (χ2n) is 8.64. The van der Waals surface area contributed by atoms with Crippen molar-refractivity contribution >= 4 is 28.5 Å². The van der Waals surface area contributed by atoms with Gasteiger partial charge in [-0.15, -0.1) is 10.2 Å². The Kier molecular flexibility index (Phi) is 5.61. The summed E-state index contributed by atoms with van der Waals surface area (Å²) in [7, 11) is 0. The molecule has 3 aromatic rings. The number of nitrogens with one attached hydrogen (secondary N) is 1. The summed E-state index contributed by atoms with van der Waals surface area (Å²) in [4.78, 5) is 21.7. The van der Waals surface area contributed by atoms with E-state index in [1.807, 2.05) is 30.0 Å². The minimum atomic E-state index is 0.0214. The Bertz CT molecular complexity index is 1070. The number of amides is 2. The van der Waals surface area contributed by atoms with Crippen molar-refractivity contribution in [2.45, 2.75) is 51.4 Å². The Balaban J connectivity index is 1.56. The molecule has 1 N–H and O–H groups in total. The highest BCUT2D eigenvalue weighted by Gasteiger charge is 2.27. The van der Waals surface area contributed by atoms with Gasteiger partial charge in [-0.2, -0.15) is 0 Å². The van der Waals surface area contributed by atoms with Crippen molar-refractivity contribution in [1.29, 1.82) is 0 Å². The van der Waals surface area contributed by atoms with Crippen molar-refractivity contribution in [3.05, 3.63) is 30.1 Å². The first-order chi connectivity index (χ1) is 15.3. The van der Waals surface area contributed by atoms with Crippen LogP contribution in [-0.4, -0.2) is 63.2 Å². The predicted molar refractivity (Wildman–Crippen MR) is 122 cm³/mol. The summed E-state index contributed by atoms with van der Waals surface area (Å²) in [6, 6.07) is 8.21. The molecule has 0 unspecified atom stereocenters. The lowest BCUT2D eigenvalue weighted by Gasteiger charge is -2.26. The summed E-state index contributed by atoms with van der Waals surface area (Å²) in [5.74, 6) is 2.40. The van der Waals surface area contributed by atoms with Crippen LogP contribution in [0, 0.1) is 0 Å². The number of nitrogens with zero attached hydrogens (tertiary/aromatic N) is 6. The van der Waals surface area contributed by atoms with Crippen molar-refractivity contribution in [2.75, 3.05) is 37.6 Å². The van der Waals surface area contributed by atoms with E-state index in [0.29, 0.717) is 19.0 Å². The molecule has 1 saturated carbocycles. The van der Waals surface area contributed by atoms with E-state index in [4.69, 9.17) is 4.98 Å². The molecule has 8 heteroatoms. The highest BCUT2D eigenvalue weighted by atomic mass is 16.2. The fraction of sp³-hybridized carbons (Fsp3) is 0.565. The van der Waals surface area contributed by atoms with Gasteiger partial charge >= 0.3 is 6.03 Å². The number of rotatable bonds is 3. The van der Waals surface area contributed by atoms with E-state index in [-0.39, 0.29) is 6.03 Å². The molecule has 1 saturated heterocycles. The van der Waals surface area contributed by atoms with Crippen molar-refractivity contribution in [3.8, 4) is 0 Å². The fourth-order valence-corrected chi connectivity index (χ4v) is 5.01. The predicted octanol–water partition coefficient (Wildman–Crippen LogP) is 3.57. The molecule has 1 aliphatic heterocycles. The summed E-state index contributed by atoms with van der Waals surface area (Å²) >= 11 is 0. The minimum Gasteiger partial charge on any atom is -0.340 e. The Morgan fingerprint density at radius 3 is 2.71 bits per heavy atom. The summed E-state index contributed by atoms with van der Waals surface area (Å²) < 4.78 is 2.21. The molecule has 0 atom stereocenters. The number of carbonyl (C=O) groups is 1. The van der Waals surface area contributed by atoms with Crippen molar-refractivity contribution < 1.29 is 4.79 Å². The average molecular weight is 422 g/mol. The standard InChI is InChI=1S/C23H31N7O/c1-2-24-23(31)29-14-8-13-28(15-16-29)22-25-19-12-7-6-11-18(19)21-27-26-20(30(21)22)17-9-4-3-5-10-17/h6-7,11-12,17H,2-5,8-10,13-16H2,1H3,(H,24,31). The number of hydrogen-bond acceptors (Lipinski definition) is 5. The number of hydrogen-bond donors (Lipinski definition) is 1. The van der Waals surface area contributed by atoms with Crippen molar-refractivity contribution in [1.82, 2.24) is 29.8 Å². The van der Waals surface area contributed by atoms with E-state index in [9.17, 15) is 4.79 Å². The van der Waals surface area contributed by atoms with Crippen LogP contribution >= 0.6 is 0 Å². The Morgan fingerprint density at radius 2 is 1.87 bits per heavy atom. The Morgan fingerprint density at radius 1 is 1.03 bits per heavy atom. The van der Waals surface area contributed by atoms with Crippen LogP contribution in [0.2, 0.25) is 0 Å². The van der Waals surface area contributed by atoms with Gasteiger partial charge in [0, 0.05) is 44.0 Å². The van der Waals surface area contributed by atoms with Gasteiger partial charge < -0.3 is 15.1 Å². The first-order valence-corrected chi connectivity index (χ1v) is 11.7. The average Bonchev–Trinajstić information content (AvgIpc) is 3.11. The van der Waals surface area contributed by atoms with Gasteiger partial charge in [0.25, 0.3) is 0 Å². The maximum absolute atomic E-state index is 12.4. The van der Waals surface area contributed by atoms with Crippen LogP contribution in [0.15, 0.2) is 24.3 Å². The molecule has 2 amide bonds. The highest BCUT2D eigenvalue weighted by molar-refractivity contribution is 5.92. The van der Waals surface area contributed by atoms with Crippen LogP contribution < -0.4 is 10.2 Å². The van der Waals surface area contributed by atoms with E-state index in [1.165, 1.54) is 19.3 Å². The molecule has 0 spiro atoms. The van der Waals surface area contributed by atoms with Gasteiger partial charge in [-0.25, -0.2) is 14.2 Å². The number of urea groups is 1. The molecule has 0 bridgehead atoms. The number of aromatic nitrogens is 4. The first-order valence-electron chi connectivity index (χ1n) is 11.7.